The molecule has 0 amide bonds. The van der Waals surface area contributed by atoms with E-state index in [2.05, 4.69) is 31.3 Å². The summed E-state index contributed by atoms with van der Waals surface area (Å²) in [5.74, 6) is 1.36. The van der Waals surface area contributed by atoms with Crippen LogP contribution in [-0.4, -0.2) is 12.3 Å². The molecular weight excluding hydrogens is 124 g/mol. The van der Waals surface area contributed by atoms with E-state index >= 15 is 0 Å². The lowest BCUT2D eigenvalue weighted by atomic mass is 9.89. The Balaban J connectivity index is 2.49. The van der Waals surface area contributed by atoms with Gasteiger partial charge in [0.25, 0.3) is 0 Å². The zero-order valence-corrected chi connectivity index (χ0v) is 6.96. The van der Waals surface area contributed by atoms with E-state index in [9.17, 15) is 0 Å². The van der Waals surface area contributed by atoms with Crippen LogP contribution in [0.25, 0.3) is 0 Å². The van der Waals surface area contributed by atoms with Crippen molar-refractivity contribution in [2.24, 2.45) is 16.9 Å². The summed E-state index contributed by atoms with van der Waals surface area (Å²) in [6, 6.07) is 0.583. The molecule has 2 nitrogen and oxygen atoms in total. The molecule has 0 radical (unpaired) electrons. The third-order valence-corrected chi connectivity index (χ3v) is 2.16. The standard InChI is InChI=1S/C8H16N2/c1-4-8-7(6(2)3)5-9-10-8/h5-8,10H,4H2,1-3H3. The summed E-state index contributed by atoms with van der Waals surface area (Å²) in [6.45, 7) is 6.68. The number of rotatable bonds is 2. The number of hydrogen-bond donors (Lipinski definition) is 1. The second-order valence-corrected chi connectivity index (χ2v) is 3.24. The molecule has 1 N–H and O–H groups in total. The molecule has 2 unspecified atom stereocenters. The molecule has 2 atom stereocenters. The fourth-order valence-corrected chi connectivity index (χ4v) is 1.41. The first-order chi connectivity index (χ1) is 4.75. The maximum absolute atomic E-state index is 4.06. The average Bonchev–Trinajstić information content (AvgIpc) is 2.33. The summed E-state index contributed by atoms with van der Waals surface area (Å²) in [5, 5.41) is 4.06. The first-order valence-corrected chi connectivity index (χ1v) is 4.04. The molecule has 0 fully saturated rings. The second kappa shape index (κ2) is 3.04. The van der Waals surface area contributed by atoms with Gasteiger partial charge in [-0.3, -0.25) is 0 Å². The van der Waals surface area contributed by atoms with Crippen molar-refractivity contribution in [3.05, 3.63) is 0 Å². The summed E-state index contributed by atoms with van der Waals surface area (Å²) < 4.78 is 0. The maximum atomic E-state index is 4.06. The molecule has 0 saturated carbocycles. The minimum atomic E-state index is 0.583. The smallest absolute Gasteiger partial charge is 0.0518 e. The highest BCUT2D eigenvalue weighted by Crippen LogP contribution is 2.18. The van der Waals surface area contributed by atoms with Crippen LogP contribution in [0.15, 0.2) is 5.10 Å². The largest absolute Gasteiger partial charge is 0.307 e. The lowest BCUT2D eigenvalue weighted by Crippen LogP contribution is -2.29. The Morgan fingerprint density at radius 1 is 1.60 bits per heavy atom. The molecule has 1 heterocycles. The molecule has 0 aromatic heterocycles. The zero-order chi connectivity index (χ0) is 7.56. The maximum Gasteiger partial charge on any atom is 0.0518 e. The Kier molecular flexibility index (Phi) is 2.30. The van der Waals surface area contributed by atoms with Crippen LogP contribution in [0.5, 0.6) is 0 Å². The molecule has 10 heavy (non-hydrogen) atoms. The molecule has 1 aliphatic rings. The molecule has 2 heteroatoms. The molecule has 1 aliphatic heterocycles. The van der Waals surface area contributed by atoms with Crippen LogP contribution >= 0.6 is 0 Å². The van der Waals surface area contributed by atoms with Gasteiger partial charge in [0.1, 0.15) is 0 Å². The summed E-state index contributed by atoms with van der Waals surface area (Å²) in [7, 11) is 0. The number of hydrogen-bond acceptors (Lipinski definition) is 2. The van der Waals surface area contributed by atoms with Gasteiger partial charge in [0.15, 0.2) is 0 Å². The van der Waals surface area contributed by atoms with Gasteiger partial charge in [-0.2, -0.15) is 5.10 Å². The molecule has 0 aromatic rings. The van der Waals surface area contributed by atoms with Gasteiger partial charge in [-0.05, 0) is 12.3 Å². The van der Waals surface area contributed by atoms with Crippen LogP contribution in [0.2, 0.25) is 0 Å². The lowest BCUT2D eigenvalue weighted by molar-refractivity contribution is 0.382. The van der Waals surface area contributed by atoms with Gasteiger partial charge in [-0.15, -0.1) is 0 Å². The van der Waals surface area contributed by atoms with Crippen LogP contribution in [0.4, 0.5) is 0 Å². The van der Waals surface area contributed by atoms with Crippen molar-refractivity contribution < 1.29 is 0 Å². The number of nitrogens with one attached hydrogen (secondary N) is 1. The Labute approximate surface area is 62.7 Å². The Bertz CT molecular complexity index is 129. The minimum Gasteiger partial charge on any atom is -0.307 e. The summed E-state index contributed by atoms with van der Waals surface area (Å²) >= 11 is 0. The molecule has 0 bridgehead atoms. The van der Waals surface area contributed by atoms with Crippen molar-refractivity contribution >= 4 is 6.21 Å². The zero-order valence-electron chi connectivity index (χ0n) is 6.96. The van der Waals surface area contributed by atoms with Gasteiger partial charge < -0.3 is 5.43 Å². The topological polar surface area (TPSA) is 24.4 Å². The number of nitrogens with zero attached hydrogens (tertiary/aromatic N) is 1. The van der Waals surface area contributed by atoms with Gasteiger partial charge in [0.2, 0.25) is 0 Å². The van der Waals surface area contributed by atoms with Gasteiger partial charge in [0.05, 0.1) is 6.04 Å². The van der Waals surface area contributed by atoms with E-state index in [0.717, 1.165) is 0 Å². The first kappa shape index (κ1) is 7.58. The molecule has 0 saturated heterocycles. The molecule has 0 aliphatic carbocycles. The quantitative estimate of drug-likeness (QED) is 0.619. The van der Waals surface area contributed by atoms with Gasteiger partial charge in [-0.1, -0.05) is 20.8 Å². The van der Waals surface area contributed by atoms with E-state index < -0.39 is 0 Å². The Morgan fingerprint density at radius 3 is 2.70 bits per heavy atom. The minimum absolute atomic E-state index is 0.583. The van der Waals surface area contributed by atoms with E-state index in [1.807, 2.05) is 6.21 Å². The third kappa shape index (κ3) is 1.31. The van der Waals surface area contributed by atoms with Crippen LogP contribution in [0.1, 0.15) is 27.2 Å². The van der Waals surface area contributed by atoms with E-state index in [0.29, 0.717) is 17.9 Å². The van der Waals surface area contributed by atoms with E-state index in [1.54, 1.807) is 0 Å². The Hall–Kier alpha value is -0.530. The molecule has 1 rings (SSSR count). The predicted molar refractivity (Wildman–Crippen MR) is 44.0 cm³/mol. The van der Waals surface area contributed by atoms with E-state index in [-0.39, 0.29) is 0 Å². The lowest BCUT2D eigenvalue weighted by Gasteiger charge is -2.18. The Morgan fingerprint density at radius 2 is 2.30 bits per heavy atom. The molecular formula is C8H16N2. The van der Waals surface area contributed by atoms with Crippen molar-refractivity contribution in [3.8, 4) is 0 Å². The molecule has 0 spiro atoms. The van der Waals surface area contributed by atoms with Crippen LogP contribution in [0, 0.1) is 11.8 Å². The van der Waals surface area contributed by atoms with E-state index in [1.165, 1.54) is 6.42 Å². The van der Waals surface area contributed by atoms with Crippen molar-refractivity contribution in [3.63, 3.8) is 0 Å². The van der Waals surface area contributed by atoms with Crippen LogP contribution in [-0.2, 0) is 0 Å². The predicted octanol–water partition coefficient (Wildman–Crippen LogP) is 1.63. The second-order valence-electron chi connectivity index (χ2n) is 3.24. The molecule has 0 aromatic carbocycles. The fourth-order valence-electron chi connectivity index (χ4n) is 1.41. The first-order valence-electron chi connectivity index (χ1n) is 4.04. The normalized spacial score (nSPS) is 31.2. The van der Waals surface area contributed by atoms with Crippen LogP contribution in [0.3, 0.4) is 0 Å². The highest BCUT2D eigenvalue weighted by molar-refractivity contribution is 5.63. The molecule has 58 valence electrons. The van der Waals surface area contributed by atoms with Crippen LogP contribution < -0.4 is 5.43 Å². The monoisotopic (exact) mass is 140 g/mol. The van der Waals surface area contributed by atoms with Gasteiger partial charge >= 0.3 is 0 Å². The fraction of sp³-hybridized carbons (Fsp3) is 0.875. The summed E-state index contributed by atoms with van der Waals surface area (Å²) in [6.07, 6.45) is 3.21. The van der Waals surface area contributed by atoms with Gasteiger partial charge in [0, 0.05) is 12.1 Å². The van der Waals surface area contributed by atoms with Crippen molar-refractivity contribution in [1.29, 1.82) is 0 Å². The summed E-state index contributed by atoms with van der Waals surface area (Å²) in [5.41, 5.74) is 3.11. The summed E-state index contributed by atoms with van der Waals surface area (Å²) in [4.78, 5) is 0. The average molecular weight is 140 g/mol. The third-order valence-electron chi connectivity index (χ3n) is 2.16. The number of hydrazone groups is 1. The van der Waals surface area contributed by atoms with Crippen molar-refractivity contribution in [1.82, 2.24) is 5.43 Å². The highest BCUT2D eigenvalue weighted by atomic mass is 15.3. The van der Waals surface area contributed by atoms with Crippen molar-refractivity contribution in [2.75, 3.05) is 0 Å². The highest BCUT2D eigenvalue weighted by Gasteiger charge is 2.24. The van der Waals surface area contributed by atoms with Crippen molar-refractivity contribution in [2.45, 2.75) is 33.2 Å². The van der Waals surface area contributed by atoms with E-state index in [4.69, 9.17) is 0 Å². The SMILES string of the molecule is CCC1NN=CC1C(C)C. The van der Waals surface area contributed by atoms with Gasteiger partial charge in [-0.25, -0.2) is 0 Å².